The molecular weight excluding hydrogens is 276 g/mol. The zero-order valence-electron chi connectivity index (χ0n) is 11.5. The number of anilines is 2. The number of benzene rings is 1. The zero-order valence-corrected chi connectivity index (χ0v) is 11.5. The number of carbonyl (C=O) groups is 3. The van der Waals surface area contributed by atoms with Gasteiger partial charge in [-0.15, -0.1) is 0 Å². The zero-order chi connectivity index (χ0) is 15.7. The number of carbonyl (C=O) groups excluding carboxylic acids is 3. The smallest absolute Gasteiger partial charge is 0.411 e. The van der Waals surface area contributed by atoms with Crippen LogP contribution in [0.3, 0.4) is 0 Å². The third kappa shape index (κ3) is 6.76. The number of ether oxygens (including phenoxy) is 2. The van der Waals surface area contributed by atoms with Crippen LogP contribution in [0.1, 0.15) is 6.92 Å². The Morgan fingerprint density at radius 2 is 1.76 bits per heavy atom. The second kappa shape index (κ2) is 8.36. The highest BCUT2D eigenvalue weighted by Gasteiger charge is 2.05. The number of hydrogen-bond acceptors (Lipinski definition) is 5. The van der Waals surface area contributed by atoms with Crippen LogP contribution in [-0.4, -0.2) is 31.2 Å². The van der Waals surface area contributed by atoms with Crippen LogP contribution in [0.25, 0.3) is 0 Å². The molecule has 2 N–H and O–H groups in total. The first-order valence-corrected chi connectivity index (χ1v) is 6.12. The Balaban J connectivity index is 2.38. The lowest BCUT2D eigenvalue weighted by Crippen LogP contribution is -2.17. The van der Waals surface area contributed by atoms with E-state index in [2.05, 4.69) is 21.9 Å². The van der Waals surface area contributed by atoms with Crippen LogP contribution in [0.15, 0.2) is 36.9 Å². The summed E-state index contributed by atoms with van der Waals surface area (Å²) in [5, 5.41) is 5.08. The van der Waals surface area contributed by atoms with Gasteiger partial charge in [0.2, 0.25) is 5.91 Å². The minimum Gasteiger partial charge on any atom is -0.459 e. The van der Waals surface area contributed by atoms with E-state index in [0.717, 1.165) is 6.08 Å². The van der Waals surface area contributed by atoms with Gasteiger partial charge in [-0.25, -0.2) is 9.59 Å². The normalized spacial score (nSPS) is 9.38. The van der Waals surface area contributed by atoms with Crippen LogP contribution >= 0.6 is 0 Å². The fourth-order valence-corrected chi connectivity index (χ4v) is 1.37. The summed E-state index contributed by atoms with van der Waals surface area (Å²) in [5.74, 6) is -0.791. The van der Waals surface area contributed by atoms with E-state index in [1.165, 1.54) is 6.92 Å². The fourth-order valence-electron chi connectivity index (χ4n) is 1.37. The first-order chi connectivity index (χ1) is 10.0. The summed E-state index contributed by atoms with van der Waals surface area (Å²) in [6.45, 7) is 4.50. The summed E-state index contributed by atoms with van der Waals surface area (Å²) < 4.78 is 9.46. The highest BCUT2D eigenvalue weighted by molar-refractivity contribution is 5.90. The number of amides is 2. The van der Waals surface area contributed by atoms with Crippen molar-refractivity contribution in [3.8, 4) is 0 Å². The SMILES string of the molecule is C=CC(=O)OCCOC(=O)Nc1cccc(NC(C)=O)c1. The van der Waals surface area contributed by atoms with Crippen LogP contribution in [0.5, 0.6) is 0 Å². The van der Waals surface area contributed by atoms with Crippen molar-refractivity contribution in [3.05, 3.63) is 36.9 Å². The lowest BCUT2D eigenvalue weighted by Gasteiger charge is -2.08. The van der Waals surface area contributed by atoms with E-state index in [-0.39, 0.29) is 19.1 Å². The van der Waals surface area contributed by atoms with Gasteiger partial charge in [0.05, 0.1) is 0 Å². The topological polar surface area (TPSA) is 93.7 Å². The maximum Gasteiger partial charge on any atom is 0.411 e. The van der Waals surface area contributed by atoms with Crippen molar-refractivity contribution in [2.75, 3.05) is 23.8 Å². The van der Waals surface area contributed by atoms with Crippen molar-refractivity contribution in [1.29, 1.82) is 0 Å². The predicted molar refractivity (Wildman–Crippen MR) is 76.9 cm³/mol. The van der Waals surface area contributed by atoms with E-state index >= 15 is 0 Å². The summed E-state index contributed by atoms with van der Waals surface area (Å²) in [4.78, 5) is 33.2. The molecule has 7 nitrogen and oxygen atoms in total. The van der Waals surface area contributed by atoms with E-state index in [9.17, 15) is 14.4 Å². The first kappa shape index (κ1) is 16.2. The van der Waals surface area contributed by atoms with E-state index in [0.29, 0.717) is 11.4 Å². The minimum atomic E-state index is -0.690. The molecule has 0 heterocycles. The van der Waals surface area contributed by atoms with Crippen LogP contribution in [0.4, 0.5) is 16.2 Å². The lowest BCUT2D eigenvalue weighted by atomic mass is 10.3. The molecule has 0 aliphatic heterocycles. The molecule has 1 aromatic carbocycles. The molecule has 0 saturated carbocycles. The summed E-state index contributed by atoms with van der Waals surface area (Å²) in [7, 11) is 0. The molecule has 2 amide bonds. The van der Waals surface area contributed by atoms with Crippen molar-refractivity contribution in [3.63, 3.8) is 0 Å². The second-order valence-electron chi connectivity index (χ2n) is 3.89. The summed E-state index contributed by atoms with van der Waals surface area (Å²) in [6, 6.07) is 6.59. The molecule has 0 saturated heterocycles. The number of nitrogens with one attached hydrogen (secondary N) is 2. The van der Waals surface area contributed by atoms with Gasteiger partial charge < -0.3 is 14.8 Å². The summed E-state index contributed by atoms with van der Waals surface area (Å²) >= 11 is 0. The minimum absolute atomic E-state index is 0.0514. The number of rotatable bonds is 6. The van der Waals surface area contributed by atoms with Gasteiger partial charge in [0.15, 0.2) is 0 Å². The quantitative estimate of drug-likeness (QED) is 0.474. The summed E-state index contributed by atoms with van der Waals surface area (Å²) in [5.41, 5.74) is 1.02. The Bertz CT molecular complexity index is 542. The molecule has 0 aliphatic rings. The van der Waals surface area contributed by atoms with Gasteiger partial charge in [-0.3, -0.25) is 10.1 Å². The lowest BCUT2D eigenvalue weighted by molar-refractivity contribution is -0.138. The van der Waals surface area contributed by atoms with Crippen LogP contribution in [0.2, 0.25) is 0 Å². The van der Waals surface area contributed by atoms with Gasteiger partial charge in [0, 0.05) is 24.4 Å². The molecule has 1 rings (SSSR count). The maximum absolute atomic E-state index is 11.5. The Kier molecular flexibility index (Phi) is 6.46. The van der Waals surface area contributed by atoms with Gasteiger partial charge in [0.1, 0.15) is 13.2 Å². The van der Waals surface area contributed by atoms with Gasteiger partial charge in [0.25, 0.3) is 0 Å². The molecule has 0 aromatic heterocycles. The molecule has 0 unspecified atom stereocenters. The number of hydrogen-bond donors (Lipinski definition) is 2. The Labute approximate surface area is 121 Å². The molecule has 0 bridgehead atoms. The van der Waals surface area contributed by atoms with Crippen LogP contribution in [0, 0.1) is 0 Å². The van der Waals surface area contributed by atoms with Gasteiger partial charge in [-0.1, -0.05) is 12.6 Å². The van der Waals surface area contributed by atoms with E-state index in [1.54, 1.807) is 24.3 Å². The average Bonchev–Trinajstić information content (AvgIpc) is 2.43. The molecule has 21 heavy (non-hydrogen) atoms. The molecule has 0 fully saturated rings. The van der Waals surface area contributed by atoms with Crippen molar-refractivity contribution in [2.24, 2.45) is 0 Å². The van der Waals surface area contributed by atoms with Crippen molar-refractivity contribution < 1.29 is 23.9 Å². The fraction of sp³-hybridized carbons (Fsp3) is 0.214. The first-order valence-electron chi connectivity index (χ1n) is 6.12. The van der Waals surface area contributed by atoms with E-state index < -0.39 is 12.1 Å². The van der Waals surface area contributed by atoms with Crippen LogP contribution < -0.4 is 10.6 Å². The summed E-state index contributed by atoms with van der Waals surface area (Å²) in [6.07, 6.45) is 0.331. The highest BCUT2D eigenvalue weighted by Crippen LogP contribution is 2.15. The number of esters is 1. The van der Waals surface area contributed by atoms with E-state index in [1.807, 2.05) is 0 Å². The highest BCUT2D eigenvalue weighted by atomic mass is 16.6. The predicted octanol–water partition coefficient (Wildman–Crippen LogP) is 1.92. The molecule has 7 heteroatoms. The second-order valence-corrected chi connectivity index (χ2v) is 3.89. The van der Waals surface area contributed by atoms with Crippen molar-refractivity contribution >= 4 is 29.3 Å². The largest absolute Gasteiger partial charge is 0.459 e. The molecule has 112 valence electrons. The molecule has 0 radical (unpaired) electrons. The van der Waals surface area contributed by atoms with Crippen molar-refractivity contribution in [1.82, 2.24) is 0 Å². The van der Waals surface area contributed by atoms with Crippen molar-refractivity contribution in [2.45, 2.75) is 6.92 Å². The van der Waals surface area contributed by atoms with E-state index in [4.69, 9.17) is 4.74 Å². The van der Waals surface area contributed by atoms with Gasteiger partial charge in [-0.05, 0) is 18.2 Å². The van der Waals surface area contributed by atoms with Crippen LogP contribution in [-0.2, 0) is 19.1 Å². The maximum atomic E-state index is 11.5. The molecule has 1 aromatic rings. The average molecular weight is 292 g/mol. The van der Waals surface area contributed by atoms with Gasteiger partial charge in [-0.2, -0.15) is 0 Å². The Hall–Kier alpha value is -2.83. The monoisotopic (exact) mass is 292 g/mol. The molecule has 0 aliphatic carbocycles. The standard InChI is InChI=1S/C14H16N2O5/c1-3-13(18)20-7-8-21-14(19)16-12-6-4-5-11(9-12)15-10(2)17/h3-6,9H,1,7-8H2,2H3,(H,15,17)(H,16,19). The molecular formula is C14H16N2O5. The Morgan fingerprint density at radius 3 is 2.38 bits per heavy atom. The third-order valence-corrected chi connectivity index (χ3v) is 2.16. The molecule has 0 atom stereocenters. The molecule has 0 spiro atoms. The van der Waals surface area contributed by atoms with Gasteiger partial charge >= 0.3 is 12.1 Å². The third-order valence-electron chi connectivity index (χ3n) is 2.16. The Morgan fingerprint density at radius 1 is 1.14 bits per heavy atom.